The van der Waals surface area contributed by atoms with Crippen molar-refractivity contribution in [3.63, 3.8) is 0 Å². The van der Waals surface area contributed by atoms with Gasteiger partial charge in [0.05, 0.1) is 0 Å². The van der Waals surface area contributed by atoms with E-state index < -0.39 is 5.97 Å². The fourth-order valence-corrected chi connectivity index (χ4v) is 3.20. The second-order valence-corrected chi connectivity index (χ2v) is 7.30. The van der Waals surface area contributed by atoms with E-state index in [-0.39, 0.29) is 18.4 Å². The highest BCUT2D eigenvalue weighted by molar-refractivity contribution is 5.83. The number of aliphatic carboxylic acids is 1. The molecule has 1 aliphatic rings. The number of nitrogens with one attached hydrogen (secondary N) is 2. The molecule has 1 fully saturated rings. The van der Waals surface area contributed by atoms with E-state index in [4.69, 9.17) is 5.11 Å². The number of para-hydroxylation sites is 1. The first-order valence-electron chi connectivity index (χ1n) is 9.91. The van der Waals surface area contributed by atoms with Crippen LogP contribution in [0.1, 0.15) is 58.4 Å². The molecule has 27 heavy (non-hydrogen) atoms. The number of carbonyl (C=O) groups excluding carboxylic acids is 1. The Labute approximate surface area is 162 Å². The number of hydrogen-bond acceptors (Lipinski definition) is 2. The highest BCUT2D eigenvalue weighted by Crippen LogP contribution is 2.28. The van der Waals surface area contributed by atoms with E-state index in [1.54, 1.807) is 0 Å². The Kier molecular flexibility index (Phi) is 10.2. The third-order valence-corrected chi connectivity index (χ3v) is 4.52. The molecule has 1 heterocycles. The van der Waals surface area contributed by atoms with Gasteiger partial charge < -0.3 is 15.4 Å². The number of aryl methyl sites for hydroxylation is 1. The number of benzene rings is 1. The molecule has 0 saturated heterocycles. The molecule has 150 valence electrons. The summed E-state index contributed by atoms with van der Waals surface area (Å²) >= 11 is 0. The Balaban J connectivity index is 0.000000244. The van der Waals surface area contributed by atoms with Crippen LogP contribution in [-0.2, 0) is 9.59 Å². The van der Waals surface area contributed by atoms with Crippen molar-refractivity contribution in [2.75, 3.05) is 6.54 Å². The standard InChI is InChI=1S/C10H17NO3.C9H9N.C3H8/c1-7-3-2-4-8(5-7)10(14)11-6-9(12)13;1-7-6-10-9-5-3-2-4-8(7)9;1-3-2/h7-8H,2-6H2,1H3,(H,11,14)(H,12,13);2-6,10H,1H3;3H2,1-2H3/t7-,8+;;/m1../s1. The van der Waals surface area contributed by atoms with Crippen molar-refractivity contribution in [3.05, 3.63) is 36.0 Å². The van der Waals surface area contributed by atoms with E-state index >= 15 is 0 Å². The number of H-pyrrole nitrogens is 1. The zero-order chi connectivity index (χ0) is 20.2. The van der Waals surface area contributed by atoms with E-state index in [1.807, 2.05) is 12.3 Å². The van der Waals surface area contributed by atoms with E-state index in [0.29, 0.717) is 5.92 Å². The quantitative estimate of drug-likeness (QED) is 0.714. The molecule has 1 aromatic carbocycles. The third kappa shape index (κ3) is 8.29. The lowest BCUT2D eigenvalue weighted by atomic mass is 9.82. The zero-order valence-electron chi connectivity index (χ0n) is 17.0. The summed E-state index contributed by atoms with van der Waals surface area (Å²) in [6, 6.07) is 8.31. The highest BCUT2D eigenvalue weighted by atomic mass is 16.4. The number of rotatable bonds is 3. The van der Waals surface area contributed by atoms with Crippen LogP contribution in [0.15, 0.2) is 30.5 Å². The van der Waals surface area contributed by atoms with Crippen LogP contribution in [0, 0.1) is 18.8 Å². The van der Waals surface area contributed by atoms with Crippen LogP contribution in [0.5, 0.6) is 0 Å². The minimum Gasteiger partial charge on any atom is -0.480 e. The molecule has 0 bridgehead atoms. The molecule has 0 unspecified atom stereocenters. The number of fused-ring (bicyclic) bond motifs is 1. The van der Waals surface area contributed by atoms with Crippen molar-refractivity contribution in [2.45, 2.75) is 59.8 Å². The Morgan fingerprint density at radius 1 is 1.22 bits per heavy atom. The van der Waals surface area contributed by atoms with Gasteiger partial charge in [0, 0.05) is 23.0 Å². The van der Waals surface area contributed by atoms with Gasteiger partial charge in [0.1, 0.15) is 6.54 Å². The van der Waals surface area contributed by atoms with Crippen molar-refractivity contribution in [2.24, 2.45) is 11.8 Å². The van der Waals surface area contributed by atoms with E-state index in [0.717, 1.165) is 19.3 Å². The molecule has 0 spiro atoms. The summed E-state index contributed by atoms with van der Waals surface area (Å²) < 4.78 is 0. The Bertz CT molecular complexity index is 708. The van der Waals surface area contributed by atoms with Gasteiger partial charge in [-0.2, -0.15) is 0 Å². The van der Waals surface area contributed by atoms with Gasteiger partial charge in [0.25, 0.3) is 0 Å². The van der Waals surface area contributed by atoms with Crippen LogP contribution >= 0.6 is 0 Å². The minimum absolute atomic E-state index is 0.0260. The molecule has 1 saturated carbocycles. The largest absolute Gasteiger partial charge is 0.480 e. The molecule has 0 aliphatic heterocycles. The first kappa shape index (κ1) is 22.7. The lowest BCUT2D eigenvalue weighted by molar-refractivity contribution is -0.138. The monoisotopic (exact) mass is 374 g/mol. The van der Waals surface area contributed by atoms with E-state index in [2.05, 4.69) is 56.2 Å². The van der Waals surface area contributed by atoms with Gasteiger partial charge in [0.2, 0.25) is 5.91 Å². The molecule has 5 nitrogen and oxygen atoms in total. The van der Waals surface area contributed by atoms with Crippen molar-refractivity contribution in [1.29, 1.82) is 0 Å². The van der Waals surface area contributed by atoms with E-state index in [1.165, 1.54) is 29.3 Å². The average Bonchev–Trinajstić information content (AvgIpc) is 3.02. The lowest BCUT2D eigenvalue weighted by Crippen LogP contribution is -2.36. The van der Waals surface area contributed by atoms with Gasteiger partial charge in [-0.3, -0.25) is 9.59 Å². The van der Waals surface area contributed by atoms with Gasteiger partial charge in [0.15, 0.2) is 0 Å². The third-order valence-electron chi connectivity index (χ3n) is 4.52. The topological polar surface area (TPSA) is 82.2 Å². The maximum absolute atomic E-state index is 11.5. The Hall–Kier alpha value is -2.30. The van der Waals surface area contributed by atoms with Crippen molar-refractivity contribution >= 4 is 22.8 Å². The van der Waals surface area contributed by atoms with Crippen LogP contribution in [0.4, 0.5) is 0 Å². The molecule has 3 N–H and O–H groups in total. The summed E-state index contributed by atoms with van der Waals surface area (Å²) in [5, 5.41) is 12.2. The molecule has 2 atom stereocenters. The van der Waals surface area contributed by atoms with Crippen LogP contribution < -0.4 is 5.32 Å². The van der Waals surface area contributed by atoms with Crippen molar-refractivity contribution in [3.8, 4) is 0 Å². The fourth-order valence-electron chi connectivity index (χ4n) is 3.20. The first-order valence-corrected chi connectivity index (χ1v) is 9.91. The molecule has 1 aliphatic carbocycles. The summed E-state index contributed by atoms with van der Waals surface area (Å²) in [6.45, 7) is 8.24. The summed E-state index contributed by atoms with van der Waals surface area (Å²) in [5.41, 5.74) is 2.54. The van der Waals surface area contributed by atoms with Crippen LogP contribution in [0.25, 0.3) is 10.9 Å². The highest BCUT2D eigenvalue weighted by Gasteiger charge is 2.24. The lowest BCUT2D eigenvalue weighted by Gasteiger charge is -2.25. The zero-order valence-corrected chi connectivity index (χ0v) is 17.0. The van der Waals surface area contributed by atoms with E-state index in [9.17, 15) is 9.59 Å². The maximum Gasteiger partial charge on any atom is 0.322 e. The van der Waals surface area contributed by atoms with Crippen molar-refractivity contribution in [1.82, 2.24) is 10.3 Å². The van der Waals surface area contributed by atoms with Gasteiger partial charge in [-0.05, 0) is 37.3 Å². The number of hydrogen-bond donors (Lipinski definition) is 3. The molecule has 5 heteroatoms. The fraction of sp³-hybridized carbons (Fsp3) is 0.545. The number of carbonyl (C=O) groups is 2. The Morgan fingerprint density at radius 2 is 1.89 bits per heavy atom. The molecule has 3 rings (SSSR count). The summed E-state index contributed by atoms with van der Waals surface area (Å²) in [5.74, 6) is -0.469. The second-order valence-electron chi connectivity index (χ2n) is 7.30. The number of amides is 1. The second kappa shape index (κ2) is 12.2. The molecule has 2 aromatic rings. The van der Waals surface area contributed by atoms with Gasteiger partial charge in [-0.1, -0.05) is 58.2 Å². The summed E-state index contributed by atoms with van der Waals surface area (Å²) in [6.07, 6.45) is 7.33. The molecule has 1 aromatic heterocycles. The van der Waals surface area contributed by atoms with Crippen LogP contribution in [-0.4, -0.2) is 28.5 Å². The van der Waals surface area contributed by atoms with Crippen LogP contribution in [0.2, 0.25) is 0 Å². The number of carboxylic acids is 1. The summed E-state index contributed by atoms with van der Waals surface area (Å²) in [7, 11) is 0. The maximum atomic E-state index is 11.5. The van der Waals surface area contributed by atoms with Gasteiger partial charge >= 0.3 is 5.97 Å². The minimum atomic E-state index is -0.984. The molecule has 0 radical (unpaired) electrons. The smallest absolute Gasteiger partial charge is 0.322 e. The van der Waals surface area contributed by atoms with Gasteiger partial charge in [-0.15, -0.1) is 0 Å². The van der Waals surface area contributed by atoms with Gasteiger partial charge in [-0.25, -0.2) is 0 Å². The van der Waals surface area contributed by atoms with Crippen LogP contribution in [0.3, 0.4) is 0 Å². The molecular weight excluding hydrogens is 340 g/mol. The predicted octanol–water partition coefficient (Wildman–Crippen LogP) is 4.91. The number of aromatic amines is 1. The summed E-state index contributed by atoms with van der Waals surface area (Å²) in [4.78, 5) is 24.9. The Morgan fingerprint density at radius 3 is 2.48 bits per heavy atom. The molecule has 1 amide bonds. The number of aromatic nitrogens is 1. The van der Waals surface area contributed by atoms with Crippen molar-refractivity contribution < 1.29 is 14.7 Å². The first-order chi connectivity index (χ1) is 12.9. The number of carboxylic acid groups (broad SMARTS) is 1. The predicted molar refractivity (Wildman–Crippen MR) is 111 cm³/mol. The normalized spacial score (nSPS) is 18.5. The SMILES string of the molecule is CCC.C[C@@H]1CCC[C@H](C(=O)NCC(=O)O)C1.Cc1c[nH]c2ccccc12. The molecular formula is C22H34N2O3. The average molecular weight is 375 g/mol.